The second kappa shape index (κ2) is 6.53. The highest BCUT2D eigenvalue weighted by Crippen LogP contribution is 2.18. The summed E-state index contributed by atoms with van der Waals surface area (Å²) in [5.74, 6) is 0. The van der Waals surface area contributed by atoms with Crippen molar-refractivity contribution < 1.29 is 4.74 Å². The fourth-order valence-electron chi connectivity index (χ4n) is 1.59. The molecule has 0 aliphatic carbocycles. The SMILES string of the molecule is CCNC(CC(C)OC)c1cccnc1. The van der Waals surface area contributed by atoms with E-state index in [1.165, 1.54) is 5.56 Å². The van der Waals surface area contributed by atoms with Crippen molar-refractivity contribution in [3.8, 4) is 0 Å². The van der Waals surface area contributed by atoms with Crippen LogP contribution >= 0.6 is 0 Å². The van der Waals surface area contributed by atoms with E-state index in [0.29, 0.717) is 6.04 Å². The normalized spacial score (nSPS) is 14.9. The van der Waals surface area contributed by atoms with E-state index in [9.17, 15) is 0 Å². The largest absolute Gasteiger partial charge is 0.382 e. The summed E-state index contributed by atoms with van der Waals surface area (Å²) < 4.78 is 5.29. The molecule has 0 aliphatic rings. The highest BCUT2D eigenvalue weighted by molar-refractivity contribution is 5.13. The first-order valence-corrected chi connectivity index (χ1v) is 5.44. The van der Waals surface area contributed by atoms with E-state index in [0.717, 1.165) is 13.0 Å². The van der Waals surface area contributed by atoms with Crippen LogP contribution in [0.25, 0.3) is 0 Å². The van der Waals surface area contributed by atoms with Gasteiger partial charge in [-0.3, -0.25) is 4.98 Å². The Balaban J connectivity index is 2.65. The van der Waals surface area contributed by atoms with Crippen molar-refractivity contribution >= 4 is 0 Å². The summed E-state index contributed by atoms with van der Waals surface area (Å²) in [7, 11) is 1.75. The van der Waals surface area contributed by atoms with Gasteiger partial charge in [0.05, 0.1) is 6.10 Å². The molecule has 1 aromatic rings. The minimum atomic E-state index is 0.259. The molecule has 3 heteroatoms. The maximum Gasteiger partial charge on any atom is 0.0561 e. The van der Waals surface area contributed by atoms with Crippen molar-refractivity contribution in [1.29, 1.82) is 0 Å². The molecule has 2 unspecified atom stereocenters. The van der Waals surface area contributed by atoms with Crippen molar-refractivity contribution in [2.24, 2.45) is 0 Å². The molecule has 0 saturated heterocycles. The van der Waals surface area contributed by atoms with Gasteiger partial charge in [-0.05, 0) is 31.5 Å². The summed E-state index contributed by atoms with van der Waals surface area (Å²) in [5, 5.41) is 3.44. The van der Waals surface area contributed by atoms with Crippen LogP contribution < -0.4 is 5.32 Å². The highest BCUT2D eigenvalue weighted by atomic mass is 16.5. The molecule has 0 radical (unpaired) electrons. The molecule has 0 spiro atoms. The molecule has 1 rings (SSSR count). The van der Waals surface area contributed by atoms with Crippen LogP contribution in [-0.4, -0.2) is 24.7 Å². The molecule has 0 aliphatic heterocycles. The number of aromatic nitrogens is 1. The third kappa shape index (κ3) is 3.98. The molecule has 3 nitrogen and oxygen atoms in total. The van der Waals surface area contributed by atoms with E-state index in [4.69, 9.17) is 4.74 Å². The molecule has 0 aromatic carbocycles. The number of ether oxygens (including phenoxy) is 1. The number of rotatable bonds is 6. The van der Waals surface area contributed by atoms with E-state index in [1.54, 1.807) is 13.3 Å². The molecule has 2 atom stereocenters. The molecule has 0 saturated carbocycles. The minimum Gasteiger partial charge on any atom is -0.382 e. The van der Waals surface area contributed by atoms with Crippen LogP contribution in [-0.2, 0) is 4.74 Å². The van der Waals surface area contributed by atoms with Crippen molar-refractivity contribution in [1.82, 2.24) is 10.3 Å². The molecular weight excluding hydrogens is 188 g/mol. The highest BCUT2D eigenvalue weighted by Gasteiger charge is 2.13. The van der Waals surface area contributed by atoms with Crippen LogP contribution in [0.1, 0.15) is 31.9 Å². The number of hydrogen-bond donors (Lipinski definition) is 1. The van der Waals surface area contributed by atoms with Gasteiger partial charge in [-0.25, -0.2) is 0 Å². The molecular formula is C12H20N2O. The summed E-state index contributed by atoms with van der Waals surface area (Å²) in [6.45, 7) is 5.15. The second-order valence-corrected chi connectivity index (χ2v) is 3.68. The fourth-order valence-corrected chi connectivity index (χ4v) is 1.59. The first-order chi connectivity index (χ1) is 7.27. The number of methoxy groups -OCH3 is 1. The average molecular weight is 208 g/mol. The molecule has 1 heterocycles. The van der Waals surface area contributed by atoms with Crippen molar-refractivity contribution in [3.05, 3.63) is 30.1 Å². The van der Waals surface area contributed by atoms with Gasteiger partial charge in [0.2, 0.25) is 0 Å². The minimum absolute atomic E-state index is 0.259. The number of pyridine rings is 1. The van der Waals surface area contributed by atoms with Crippen molar-refractivity contribution in [3.63, 3.8) is 0 Å². The summed E-state index contributed by atoms with van der Waals surface area (Å²) in [5.41, 5.74) is 1.23. The standard InChI is InChI=1S/C12H20N2O/c1-4-14-12(8-10(2)15-3)11-6-5-7-13-9-11/h5-7,9-10,12,14H,4,8H2,1-3H3. The fraction of sp³-hybridized carbons (Fsp3) is 0.583. The topological polar surface area (TPSA) is 34.1 Å². The Labute approximate surface area is 91.9 Å². The van der Waals surface area contributed by atoms with Gasteiger partial charge in [-0.2, -0.15) is 0 Å². The average Bonchev–Trinajstić information content (AvgIpc) is 2.29. The van der Waals surface area contributed by atoms with Crippen LogP contribution in [0.3, 0.4) is 0 Å². The summed E-state index contributed by atoms with van der Waals surface area (Å²) in [4.78, 5) is 4.14. The van der Waals surface area contributed by atoms with Crippen LogP contribution in [0, 0.1) is 0 Å². The van der Waals surface area contributed by atoms with Gasteiger partial charge in [0, 0.05) is 25.5 Å². The second-order valence-electron chi connectivity index (χ2n) is 3.68. The third-order valence-corrected chi connectivity index (χ3v) is 2.51. The Kier molecular flexibility index (Phi) is 5.29. The Bertz CT molecular complexity index is 264. The van der Waals surface area contributed by atoms with E-state index < -0.39 is 0 Å². The first kappa shape index (κ1) is 12.1. The third-order valence-electron chi connectivity index (χ3n) is 2.51. The van der Waals surface area contributed by atoms with Crippen LogP contribution in [0.15, 0.2) is 24.5 Å². The number of nitrogens with zero attached hydrogens (tertiary/aromatic N) is 1. The number of hydrogen-bond acceptors (Lipinski definition) is 3. The van der Waals surface area contributed by atoms with E-state index in [1.807, 2.05) is 12.3 Å². The molecule has 84 valence electrons. The lowest BCUT2D eigenvalue weighted by Gasteiger charge is -2.21. The molecule has 0 amide bonds. The van der Waals surface area contributed by atoms with Gasteiger partial charge in [-0.1, -0.05) is 13.0 Å². The summed E-state index contributed by atoms with van der Waals surface area (Å²) >= 11 is 0. The Hall–Kier alpha value is -0.930. The molecule has 0 bridgehead atoms. The van der Waals surface area contributed by atoms with Gasteiger partial charge in [0.25, 0.3) is 0 Å². The van der Waals surface area contributed by atoms with E-state index in [-0.39, 0.29) is 6.10 Å². The van der Waals surface area contributed by atoms with Crippen molar-refractivity contribution in [2.45, 2.75) is 32.4 Å². The predicted octanol–water partition coefficient (Wildman–Crippen LogP) is 2.16. The Morgan fingerprint density at radius 2 is 2.33 bits per heavy atom. The maximum absolute atomic E-state index is 5.29. The zero-order valence-corrected chi connectivity index (χ0v) is 9.73. The zero-order valence-electron chi connectivity index (χ0n) is 9.73. The van der Waals surface area contributed by atoms with Gasteiger partial charge < -0.3 is 10.1 Å². The zero-order chi connectivity index (χ0) is 11.1. The molecule has 1 N–H and O–H groups in total. The maximum atomic E-state index is 5.29. The monoisotopic (exact) mass is 208 g/mol. The van der Waals surface area contributed by atoms with Crippen LogP contribution in [0.5, 0.6) is 0 Å². The van der Waals surface area contributed by atoms with Gasteiger partial charge in [0.1, 0.15) is 0 Å². The van der Waals surface area contributed by atoms with Crippen LogP contribution in [0.2, 0.25) is 0 Å². The van der Waals surface area contributed by atoms with Gasteiger partial charge in [-0.15, -0.1) is 0 Å². The predicted molar refractivity (Wildman–Crippen MR) is 61.7 cm³/mol. The van der Waals surface area contributed by atoms with Crippen LogP contribution in [0.4, 0.5) is 0 Å². The lowest BCUT2D eigenvalue weighted by atomic mass is 10.0. The lowest BCUT2D eigenvalue weighted by molar-refractivity contribution is 0.101. The smallest absolute Gasteiger partial charge is 0.0561 e. The Morgan fingerprint density at radius 1 is 1.53 bits per heavy atom. The quantitative estimate of drug-likeness (QED) is 0.778. The Morgan fingerprint density at radius 3 is 2.87 bits per heavy atom. The number of nitrogens with one attached hydrogen (secondary N) is 1. The van der Waals surface area contributed by atoms with Gasteiger partial charge >= 0.3 is 0 Å². The summed E-state index contributed by atoms with van der Waals surface area (Å²) in [6.07, 6.45) is 4.94. The molecule has 1 aromatic heterocycles. The van der Waals surface area contributed by atoms with Gasteiger partial charge in [0.15, 0.2) is 0 Å². The first-order valence-electron chi connectivity index (χ1n) is 5.44. The molecule has 0 fully saturated rings. The summed E-state index contributed by atoms with van der Waals surface area (Å²) in [6, 6.07) is 4.40. The lowest BCUT2D eigenvalue weighted by Crippen LogP contribution is -2.25. The van der Waals surface area contributed by atoms with E-state index in [2.05, 4.69) is 30.2 Å². The van der Waals surface area contributed by atoms with E-state index >= 15 is 0 Å². The van der Waals surface area contributed by atoms with Crippen molar-refractivity contribution in [2.75, 3.05) is 13.7 Å². The molecule has 15 heavy (non-hydrogen) atoms.